The number of nitrogens with zero attached hydrogens (tertiary/aromatic N) is 2. The number of benzodiazepines with no additional fused rings is 1. The van der Waals surface area contributed by atoms with Crippen LogP contribution in [-0.4, -0.2) is 41.9 Å². The highest BCUT2D eigenvalue weighted by atomic mass is 19.4. The van der Waals surface area contributed by atoms with E-state index in [1.165, 1.54) is 17.0 Å². The number of unbranched alkanes of at least 4 members (excludes halogenated alkanes) is 1. The van der Waals surface area contributed by atoms with Crippen molar-refractivity contribution in [1.82, 2.24) is 5.32 Å². The topological polar surface area (TPSA) is 82.0 Å². The molecule has 2 aliphatic rings. The molecule has 9 heteroatoms. The number of rotatable bonds is 9. The molecule has 0 bridgehead atoms. The third-order valence-corrected chi connectivity index (χ3v) is 7.82. The van der Waals surface area contributed by atoms with Crippen molar-refractivity contribution in [3.63, 3.8) is 0 Å². The van der Waals surface area contributed by atoms with E-state index in [1.54, 1.807) is 31.3 Å². The average Bonchev–Trinajstić information content (AvgIpc) is 3.41. The largest absolute Gasteiger partial charge is 0.416 e. The molecule has 2 aromatic rings. The van der Waals surface area contributed by atoms with Gasteiger partial charge in [-0.1, -0.05) is 75.8 Å². The Morgan fingerprint density at radius 1 is 1.13 bits per heavy atom. The number of likely N-dealkylation sites (N-methyl/N-ethyl adjacent to an activating group) is 1. The van der Waals surface area contributed by atoms with E-state index in [4.69, 9.17) is 0 Å². The summed E-state index contributed by atoms with van der Waals surface area (Å²) >= 11 is 0. The van der Waals surface area contributed by atoms with Crippen LogP contribution in [0, 0.1) is 11.8 Å². The molecule has 0 radical (unpaired) electrons. The lowest BCUT2D eigenvalue weighted by atomic mass is 9.86. The number of para-hydroxylation sites is 1. The summed E-state index contributed by atoms with van der Waals surface area (Å²) in [5.41, 5.74) is 1.01. The van der Waals surface area contributed by atoms with E-state index >= 15 is 0 Å². The Hall–Kier alpha value is -3.20. The highest BCUT2D eigenvalue weighted by Gasteiger charge is 2.36. The molecule has 3 atom stereocenters. The van der Waals surface area contributed by atoms with Gasteiger partial charge in [-0.05, 0) is 37.0 Å². The fourth-order valence-electron chi connectivity index (χ4n) is 5.56. The van der Waals surface area contributed by atoms with Crippen LogP contribution in [0.15, 0.2) is 53.5 Å². The van der Waals surface area contributed by atoms with Gasteiger partial charge in [0.05, 0.1) is 29.0 Å². The molecule has 39 heavy (non-hydrogen) atoms. The maximum Gasteiger partial charge on any atom is 0.416 e. The molecule has 1 fully saturated rings. The quantitative estimate of drug-likeness (QED) is 0.425. The van der Waals surface area contributed by atoms with Crippen LogP contribution in [0.2, 0.25) is 0 Å². The predicted molar refractivity (Wildman–Crippen MR) is 144 cm³/mol. The number of carbonyl (C=O) groups is 2. The molecule has 2 amide bonds. The van der Waals surface area contributed by atoms with Crippen molar-refractivity contribution in [3.8, 4) is 0 Å². The fraction of sp³-hybridized carbons (Fsp3) is 0.500. The number of aliphatic hydroxyl groups excluding tert-OH is 1. The number of hydrogen-bond acceptors (Lipinski definition) is 4. The number of nitrogens with one attached hydrogen (secondary N) is 1. The number of fused-ring (bicyclic) bond motifs is 1. The van der Waals surface area contributed by atoms with Gasteiger partial charge in [0.25, 0.3) is 5.91 Å². The third-order valence-electron chi connectivity index (χ3n) is 7.82. The highest BCUT2D eigenvalue weighted by Crippen LogP contribution is 2.34. The minimum atomic E-state index is -4.48. The summed E-state index contributed by atoms with van der Waals surface area (Å²) in [4.78, 5) is 33.1. The summed E-state index contributed by atoms with van der Waals surface area (Å²) in [7, 11) is 1.58. The van der Waals surface area contributed by atoms with Gasteiger partial charge in [-0.25, -0.2) is 4.99 Å². The highest BCUT2D eigenvalue weighted by molar-refractivity contribution is 6.20. The van der Waals surface area contributed by atoms with E-state index in [0.29, 0.717) is 41.3 Å². The molecule has 0 aromatic heterocycles. The summed E-state index contributed by atoms with van der Waals surface area (Å²) in [6.45, 7) is 2.02. The van der Waals surface area contributed by atoms with E-state index in [-0.39, 0.29) is 0 Å². The number of aliphatic imine (C=N–C) groups is 1. The number of hydrogen-bond donors (Lipinski definition) is 2. The normalized spacial score (nSPS) is 19.7. The summed E-state index contributed by atoms with van der Waals surface area (Å²) in [5.74, 6) is -1.23. The van der Waals surface area contributed by atoms with E-state index in [2.05, 4.69) is 10.3 Å². The smallest absolute Gasteiger partial charge is 0.392 e. The first-order chi connectivity index (χ1) is 18.6. The monoisotopic (exact) mass is 543 g/mol. The summed E-state index contributed by atoms with van der Waals surface area (Å²) < 4.78 is 39.6. The molecule has 6 nitrogen and oxygen atoms in total. The van der Waals surface area contributed by atoms with Crippen molar-refractivity contribution in [3.05, 3.63) is 65.2 Å². The SMILES string of the molecule is CCCC[C@H](O)[C@@H](CC1CCCC1)C(=O)N[C@H]1N=C(c2ccc(C(F)(F)F)cc2)c2ccccc2N(C)C1=O. The molecule has 1 heterocycles. The second kappa shape index (κ2) is 12.3. The van der Waals surface area contributed by atoms with Crippen LogP contribution in [0.4, 0.5) is 18.9 Å². The van der Waals surface area contributed by atoms with Gasteiger partial charge in [-0.3, -0.25) is 9.59 Å². The van der Waals surface area contributed by atoms with Crippen molar-refractivity contribution in [2.75, 3.05) is 11.9 Å². The van der Waals surface area contributed by atoms with Crippen molar-refractivity contribution < 1.29 is 27.9 Å². The summed E-state index contributed by atoms with van der Waals surface area (Å²) in [6.07, 6.45) is 0.338. The number of benzene rings is 2. The standard InChI is InChI=1S/C30H36F3N3O3/c1-3-4-13-25(37)23(18-19-9-5-6-10-19)28(38)35-27-29(39)36(2)24-12-8-7-11-22(24)26(34-27)20-14-16-21(17-15-20)30(31,32)33/h7-8,11-12,14-17,19,23,25,27,37H,3-6,9-10,13,18H2,1-2H3,(H,35,38)/t23-,25+,27-/m1/s1. The van der Waals surface area contributed by atoms with Crippen molar-refractivity contribution in [2.24, 2.45) is 16.8 Å². The second-order valence-corrected chi connectivity index (χ2v) is 10.6. The van der Waals surface area contributed by atoms with E-state index in [9.17, 15) is 27.9 Å². The number of aliphatic hydroxyl groups is 1. The van der Waals surface area contributed by atoms with Gasteiger partial charge in [0, 0.05) is 18.2 Å². The Balaban J connectivity index is 1.68. The lowest BCUT2D eigenvalue weighted by Crippen LogP contribution is -2.49. The lowest BCUT2D eigenvalue weighted by molar-refractivity contribution is -0.137. The Morgan fingerprint density at radius 2 is 1.79 bits per heavy atom. The van der Waals surface area contributed by atoms with E-state index in [1.807, 2.05) is 6.92 Å². The van der Waals surface area contributed by atoms with Crippen LogP contribution in [0.25, 0.3) is 0 Å². The summed E-state index contributed by atoms with van der Waals surface area (Å²) in [6, 6.07) is 11.6. The number of carbonyl (C=O) groups excluding carboxylic acids is 2. The number of amides is 2. The molecular formula is C30H36F3N3O3. The van der Waals surface area contributed by atoms with Crippen LogP contribution in [0.3, 0.4) is 0 Å². The Labute approximate surface area is 227 Å². The zero-order valence-corrected chi connectivity index (χ0v) is 22.4. The number of halogens is 3. The molecule has 1 aliphatic heterocycles. The minimum Gasteiger partial charge on any atom is -0.392 e. The van der Waals surface area contributed by atoms with Gasteiger partial charge in [0.1, 0.15) is 0 Å². The van der Waals surface area contributed by atoms with E-state index in [0.717, 1.165) is 50.7 Å². The van der Waals surface area contributed by atoms with Crippen LogP contribution < -0.4 is 10.2 Å². The molecule has 0 unspecified atom stereocenters. The minimum absolute atomic E-state index is 0.307. The Bertz CT molecular complexity index is 1190. The average molecular weight is 544 g/mol. The summed E-state index contributed by atoms with van der Waals surface area (Å²) in [5, 5.41) is 13.7. The van der Waals surface area contributed by atoms with Gasteiger partial charge in [0.2, 0.25) is 12.1 Å². The molecule has 0 spiro atoms. The van der Waals surface area contributed by atoms with Crippen LogP contribution in [0.1, 0.15) is 75.0 Å². The Kier molecular flexibility index (Phi) is 9.10. The molecule has 0 saturated heterocycles. The Morgan fingerprint density at radius 3 is 2.44 bits per heavy atom. The van der Waals surface area contributed by atoms with Gasteiger partial charge in [-0.2, -0.15) is 13.2 Å². The lowest BCUT2D eigenvalue weighted by Gasteiger charge is -2.27. The first-order valence-corrected chi connectivity index (χ1v) is 13.7. The van der Waals surface area contributed by atoms with Crippen LogP contribution >= 0.6 is 0 Å². The van der Waals surface area contributed by atoms with Crippen LogP contribution in [0.5, 0.6) is 0 Å². The van der Waals surface area contributed by atoms with E-state index < -0.39 is 41.7 Å². The van der Waals surface area contributed by atoms with Gasteiger partial charge in [-0.15, -0.1) is 0 Å². The molecular weight excluding hydrogens is 507 g/mol. The molecule has 2 aromatic carbocycles. The first kappa shape index (κ1) is 28.8. The number of anilines is 1. The van der Waals surface area contributed by atoms with Gasteiger partial charge in [0.15, 0.2) is 0 Å². The molecule has 2 N–H and O–H groups in total. The van der Waals surface area contributed by atoms with Gasteiger partial charge < -0.3 is 15.3 Å². The zero-order chi connectivity index (χ0) is 28.2. The third kappa shape index (κ3) is 6.69. The van der Waals surface area contributed by atoms with Crippen molar-refractivity contribution in [2.45, 2.75) is 76.7 Å². The molecule has 4 rings (SSSR count). The van der Waals surface area contributed by atoms with Crippen molar-refractivity contribution >= 4 is 23.2 Å². The molecule has 210 valence electrons. The second-order valence-electron chi connectivity index (χ2n) is 10.6. The van der Waals surface area contributed by atoms with Crippen LogP contribution in [-0.2, 0) is 15.8 Å². The molecule has 1 saturated carbocycles. The van der Waals surface area contributed by atoms with Crippen molar-refractivity contribution in [1.29, 1.82) is 0 Å². The van der Waals surface area contributed by atoms with Gasteiger partial charge >= 0.3 is 6.18 Å². The zero-order valence-electron chi connectivity index (χ0n) is 22.4. The maximum absolute atomic E-state index is 13.6. The fourth-order valence-corrected chi connectivity index (χ4v) is 5.56. The first-order valence-electron chi connectivity index (χ1n) is 13.7. The molecule has 1 aliphatic carbocycles. The predicted octanol–water partition coefficient (Wildman–Crippen LogP) is 5.71. The number of alkyl halides is 3. The maximum atomic E-state index is 13.6.